The van der Waals surface area contributed by atoms with Gasteiger partial charge in [0.1, 0.15) is 0 Å². The lowest BCUT2D eigenvalue weighted by atomic mass is 9.96. The van der Waals surface area contributed by atoms with E-state index in [1.165, 1.54) is 0 Å². The first-order chi connectivity index (χ1) is 11.2. The van der Waals surface area contributed by atoms with Crippen molar-refractivity contribution >= 4 is 23.6 Å². The SMILES string of the molecule is O=C(/C=C/c1ccc(Cl)cc1)N1CCCC[C@H]1c1cccnc1. The first-order valence-electron chi connectivity index (χ1n) is 7.88. The van der Waals surface area contributed by atoms with E-state index in [1.807, 2.05) is 53.6 Å². The Kier molecular flexibility index (Phi) is 5.09. The molecule has 1 fully saturated rings. The number of aromatic nitrogens is 1. The molecule has 0 bridgehead atoms. The molecule has 1 atom stereocenters. The summed E-state index contributed by atoms with van der Waals surface area (Å²) in [6.07, 6.45) is 10.3. The molecule has 0 spiro atoms. The number of nitrogens with zero attached hydrogens (tertiary/aromatic N) is 2. The summed E-state index contributed by atoms with van der Waals surface area (Å²) in [4.78, 5) is 18.8. The average molecular weight is 327 g/mol. The highest BCUT2D eigenvalue weighted by Crippen LogP contribution is 2.30. The van der Waals surface area contributed by atoms with Crippen molar-refractivity contribution < 1.29 is 4.79 Å². The first-order valence-corrected chi connectivity index (χ1v) is 8.26. The van der Waals surface area contributed by atoms with Gasteiger partial charge >= 0.3 is 0 Å². The lowest BCUT2D eigenvalue weighted by Gasteiger charge is -2.35. The van der Waals surface area contributed by atoms with Crippen molar-refractivity contribution in [1.29, 1.82) is 0 Å². The van der Waals surface area contributed by atoms with Crippen molar-refractivity contribution in [1.82, 2.24) is 9.88 Å². The second-order valence-electron chi connectivity index (χ2n) is 5.71. The largest absolute Gasteiger partial charge is 0.332 e. The smallest absolute Gasteiger partial charge is 0.247 e. The van der Waals surface area contributed by atoms with Crippen LogP contribution in [0.5, 0.6) is 0 Å². The van der Waals surface area contributed by atoms with Gasteiger partial charge in [-0.2, -0.15) is 0 Å². The fourth-order valence-corrected chi connectivity index (χ4v) is 3.08. The molecule has 1 aromatic carbocycles. The zero-order valence-corrected chi connectivity index (χ0v) is 13.6. The van der Waals surface area contributed by atoms with Crippen molar-refractivity contribution in [3.05, 3.63) is 71.0 Å². The topological polar surface area (TPSA) is 33.2 Å². The van der Waals surface area contributed by atoms with Crippen molar-refractivity contribution in [3.8, 4) is 0 Å². The zero-order chi connectivity index (χ0) is 16.1. The van der Waals surface area contributed by atoms with Crippen molar-refractivity contribution in [2.24, 2.45) is 0 Å². The molecule has 3 rings (SSSR count). The molecule has 3 nitrogen and oxygen atoms in total. The van der Waals surface area contributed by atoms with Crippen molar-refractivity contribution in [2.45, 2.75) is 25.3 Å². The van der Waals surface area contributed by atoms with Crippen LogP contribution >= 0.6 is 11.6 Å². The van der Waals surface area contributed by atoms with Gasteiger partial charge in [0.15, 0.2) is 0 Å². The molecule has 1 aliphatic heterocycles. The van der Waals surface area contributed by atoms with Crippen LogP contribution in [0.25, 0.3) is 6.08 Å². The molecule has 0 N–H and O–H groups in total. The van der Waals surface area contributed by atoms with E-state index in [0.717, 1.165) is 36.9 Å². The van der Waals surface area contributed by atoms with Gasteiger partial charge in [0, 0.05) is 30.0 Å². The molecular formula is C19H19ClN2O. The summed E-state index contributed by atoms with van der Waals surface area (Å²) in [5.41, 5.74) is 2.08. The first kappa shape index (κ1) is 15.8. The summed E-state index contributed by atoms with van der Waals surface area (Å²) in [6, 6.07) is 11.6. The molecule has 2 heterocycles. The third kappa shape index (κ3) is 3.99. The van der Waals surface area contributed by atoms with Gasteiger partial charge in [-0.3, -0.25) is 9.78 Å². The van der Waals surface area contributed by atoms with Crippen LogP contribution in [0.1, 0.15) is 36.4 Å². The number of carbonyl (C=O) groups is 1. The molecular weight excluding hydrogens is 308 g/mol. The van der Waals surface area contributed by atoms with Crippen LogP contribution < -0.4 is 0 Å². The van der Waals surface area contributed by atoms with Gasteiger partial charge in [-0.15, -0.1) is 0 Å². The highest BCUT2D eigenvalue weighted by Gasteiger charge is 2.26. The number of hydrogen-bond acceptors (Lipinski definition) is 2. The summed E-state index contributed by atoms with van der Waals surface area (Å²) in [7, 11) is 0. The summed E-state index contributed by atoms with van der Waals surface area (Å²) in [5, 5.41) is 0.696. The zero-order valence-electron chi connectivity index (χ0n) is 12.9. The van der Waals surface area contributed by atoms with E-state index < -0.39 is 0 Å². The standard InChI is InChI=1S/C19H19ClN2O/c20-17-9-6-15(7-10-17)8-11-19(23)22-13-2-1-5-18(22)16-4-3-12-21-14-16/h3-4,6-12,14,18H,1-2,5,13H2/b11-8+/t18-/m0/s1. The summed E-state index contributed by atoms with van der Waals surface area (Å²) < 4.78 is 0. The maximum Gasteiger partial charge on any atom is 0.247 e. The molecule has 118 valence electrons. The Morgan fingerprint density at radius 1 is 1.22 bits per heavy atom. The molecule has 1 saturated heterocycles. The molecule has 0 saturated carbocycles. The van der Waals surface area contributed by atoms with Crippen LogP contribution in [0.4, 0.5) is 0 Å². The maximum absolute atomic E-state index is 12.6. The lowest BCUT2D eigenvalue weighted by Crippen LogP contribution is -2.37. The minimum absolute atomic E-state index is 0.0495. The molecule has 1 aromatic heterocycles. The summed E-state index contributed by atoms with van der Waals surface area (Å²) in [5.74, 6) is 0.0495. The molecule has 0 unspecified atom stereocenters. The van der Waals surface area contributed by atoms with E-state index in [9.17, 15) is 4.79 Å². The van der Waals surface area contributed by atoms with Crippen LogP contribution in [0.2, 0.25) is 5.02 Å². The van der Waals surface area contributed by atoms with Crippen molar-refractivity contribution in [2.75, 3.05) is 6.54 Å². The predicted molar refractivity (Wildman–Crippen MR) is 93.0 cm³/mol. The van der Waals surface area contributed by atoms with Crippen LogP contribution in [0, 0.1) is 0 Å². The van der Waals surface area contributed by atoms with Gasteiger partial charge in [0.05, 0.1) is 6.04 Å². The van der Waals surface area contributed by atoms with Gasteiger partial charge in [-0.05, 0) is 54.7 Å². The Hall–Kier alpha value is -2.13. The minimum Gasteiger partial charge on any atom is -0.332 e. The highest BCUT2D eigenvalue weighted by molar-refractivity contribution is 6.30. The highest BCUT2D eigenvalue weighted by atomic mass is 35.5. The van der Waals surface area contributed by atoms with Crippen LogP contribution in [-0.4, -0.2) is 22.3 Å². The lowest BCUT2D eigenvalue weighted by molar-refractivity contribution is -0.129. The van der Waals surface area contributed by atoms with Crippen LogP contribution in [-0.2, 0) is 4.79 Å². The van der Waals surface area contributed by atoms with E-state index in [2.05, 4.69) is 4.98 Å². The molecule has 2 aromatic rings. The second kappa shape index (κ2) is 7.42. The fourth-order valence-electron chi connectivity index (χ4n) is 2.95. The predicted octanol–water partition coefficient (Wildman–Crippen LogP) is 4.50. The van der Waals surface area contributed by atoms with Gasteiger partial charge in [0.2, 0.25) is 5.91 Å². The number of hydrogen-bond donors (Lipinski definition) is 0. The van der Waals surface area contributed by atoms with E-state index in [0.29, 0.717) is 5.02 Å². The average Bonchev–Trinajstić information content (AvgIpc) is 2.62. The third-order valence-corrected chi connectivity index (χ3v) is 4.40. The number of piperidine rings is 1. The number of halogens is 1. The van der Waals surface area contributed by atoms with Crippen molar-refractivity contribution in [3.63, 3.8) is 0 Å². The number of pyridine rings is 1. The molecule has 0 radical (unpaired) electrons. The van der Waals surface area contributed by atoms with E-state index in [4.69, 9.17) is 11.6 Å². The van der Waals surface area contributed by atoms with Gasteiger partial charge < -0.3 is 4.90 Å². The minimum atomic E-state index is 0.0495. The number of likely N-dealkylation sites (tertiary alicyclic amines) is 1. The Balaban J connectivity index is 1.75. The van der Waals surface area contributed by atoms with Gasteiger partial charge in [-0.1, -0.05) is 29.8 Å². The normalized spacial score (nSPS) is 18.3. The number of rotatable bonds is 3. The molecule has 1 amide bonds. The Labute approximate surface area is 141 Å². The molecule has 0 aliphatic carbocycles. The maximum atomic E-state index is 12.6. The van der Waals surface area contributed by atoms with E-state index in [1.54, 1.807) is 12.3 Å². The van der Waals surface area contributed by atoms with E-state index in [-0.39, 0.29) is 11.9 Å². The summed E-state index contributed by atoms with van der Waals surface area (Å²) >= 11 is 5.88. The second-order valence-corrected chi connectivity index (χ2v) is 6.15. The molecule has 1 aliphatic rings. The van der Waals surface area contributed by atoms with Gasteiger partial charge in [-0.25, -0.2) is 0 Å². The quantitative estimate of drug-likeness (QED) is 0.778. The molecule has 4 heteroatoms. The van der Waals surface area contributed by atoms with Crippen LogP contribution in [0.15, 0.2) is 54.9 Å². The number of carbonyl (C=O) groups excluding carboxylic acids is 1. The third-order valence-electron chi connectivity index (χ3n) is 4.14. The Morgan fingerprint density at radius 2 is 2.04 bits per heavy atom. The fraction of sp³-hybridized carbons (Fsp3) is 0.263. The van der Waals surface area contributed by atoms with E-state index >= 15 is 0 Å². The monoisotopic (exact) mass is 326 g/mol. The van der Waals surface area contributed by atoms with Crippen LogP contribution in [0.3, 0.4) is 0 Å². The summed E-state index contributed by atoms with van der Waals surface area (Å²) in [6.45, 7) is 0.795. The molecule has 23 heavy (non-hydrogen) atoms. The Morgan fingerprint density at radius 3 is 2.78 bits per heavy atom. The van der Waals surface area contributed by atoms with Gasteiger partial charge in [0.25, 0.3) is 0 Å². The Bertz CT molecular complexity index is 682. The number of benzene rings is 1. The number of amides is 1.